The number of rotatable bonds is 6. The van der Waals surface area contributed by atoms with Gasteiger partial charge in [0.15, 0.2) is 0 Å². The molecule has 24 heavy (non-hydrogen) atoms. The minimum absolute atomic E-state index is 0.315. The monoisotopic (exact) mass is 332 g/mol. The van der Waals surface area contributed by atoms with Crippen molar-refractivity contribution in [3.8, 4) is 11.5 Å². The van der Waals surface area contributed by atoms with E-state index >= 15 is 0 Å². The van der Waals surface area contributed by atoms with E-state index in [1.807, 2.05) is 25.5 Å². The van der Waals surface area contributed by atoms with Crippen LogP contribution in [-0.2, 0) is 13.1 Å². The molecule has 1 aromatic carbocycles. The molecule has 0 saturated carbocycles. The zero-order valence-corrected chi connectivity index (χ0v) is 14.8. The van der Waals surface area contributed by atoms with Crippen LogP contribution in [0.4, 0.5) is 10.5 Å². The van der Waals surface area contributed by atoms with Crippen molar-refractivity contribution in [2.75, 3.05) is 19.5 Å². The molecule has 0 spiro atoms. The van der Waals surface area contributed by atoms with Gasteiger partial charge in [-0.25, -0.2) is 4.79 Å². The van der Waals surface area contributed by atoms with Crippen LogP contribution < -0.4 is 20.1 Å². The van der Waals surface area contributed by atoms with Gasteiger partial charge < -0.3 is 20.1 Å². The molecule has 0 radical (unpaired) electrons. The summed E-state index contributed by atoms with van der Waals surface area (Å²) < 4.78 is 12.4. The Kier molecular flexibility index (Phi) is 5.68. The number of benzene rings is 1. The van der Waals surface area contributed by atoms with Crippen molar-refractivity contribution >= 4 is 11.7 Å². The Morgan fingerprint density at radius 1 is 1.25 bits per heavy atom. The highest BCUT2D eigenvalue weighted by Crippen LogP contribution is 2.28. The third-order valence-corrected chi connectivity index (χ3v) is 3.91. The Labute approximate surface area is 142 Å². The fraction of sp³-hybridized carbons (Fsp3) is 0.412. The van der Waals surface area contributed by atoms with E-state index in [-0.39, 0.29) is 6.03 Å². The Bertz CT molecular complexity index is 725. The van der Waals surface area contributed by atoms with Crippen molar-refractivity contribution in [3.63, 3.8) is 0 Å². The van der Waals surface area contributed by atoms with Crippen LogP contribution >= 0.6 is 0 Å². The van der Waals surface area contributed by atoms with Crippen LogP contribution in [-0.4, -0.2) is 30.0 Å². The van der Waals surface area contributed by atoms with Gasteiger partial charge in [-0.2, -0.15) is 5.10 Å². The van der Waals surface area contributed by atoms with Gasteiger partial charge in [0.1, 0.15) is 11.5 Å². The molecule has 0 bridgehead atoms. The van der Waals surface area contributed by atoms with Gasteiger partial charge in [-0.3, -0.25) is 4.68 Å². The first kappa shape index (κ1) is 17.7. The first-order valence-electron chi connectivity index (χ1n) is 7.79. The van der Waals surface area contributed by atoms with E-state index in [0.717, 1.165) is 23.5 Å². The maximum atomic E-state index is 12.2. The Morgan fingerprint density at radius 3 is 2.58 bits per heavy atom. The van der Waals surface area contributed by atoms with Gasteiger partial charge >= 0.3 is 6.03 Å². The molecule has 2 N–H and O–H groups in total. The molecule has 0 aliphatic rings. The first-order valence-corrected chi connectivity index (χ1v) is 7.79. The summed E-state index contributed by atoms with van der Waals surface area (Å²) in [6, 6.07) is 4.91. The second-order valence-corrected chi connectivity index (χ2v) is 5.34. The summed E-state index contributed by atoms with van der Waals surface area (Å²) in [4.78, 5) is 12.2. The lowest BCUT2D eigenvalue weighted by molar-refractivity contribution is 0.251. The van der Waals surface area contributed by atoms with Crippen LogP contribution in [0, 0.1) is 13.8 Å². The van der Waals surface area contributed by atoms with E-state index in [9.17, 15) is 4.79 Å². The molecule has 7 nitrogen and oxygen atoms in total. The normalized spacial score (nSPS) is 10.4. The third kappa shape index (κ3) is 3.79. The van der Waals surface area contributed by atoms with Crippen LogP contribution in [0.15, 0.2) is 18.2 Å². The summed E-state index contributed by atoms with van der Waals surface area (Å²) in [5, 5.41) is 10.1. The van der Waals surface area contributed by atoms with Crippen molar-refractivity contribution in [2.45, 2.75) is 33.9 Å². The standard InChI is InChI=1S/C17H24N4O3/c1-6-21-12(3)14(11(2)20-21)10-18-17(22)19-15-9-13(23-4)7-8-16(15)24-5/h7-9H,6,10H2,1-5H3,(H2,18,19,22). The molecule has 130 valence electrons. The number of aryl methyl sites for hydroxylation is 2. The smallest absolute Gasteiger partial charge is 0.319 e. The van der Waals surface area contributed by atoms with E-state index in [1.165, 1.54) is 0 Å². The number of carbonyl (C=O) groups is 1. The van der Waals surface area contributed by atoms with Crippen molar-refractivity contribution in [1.29, 1.82) is 0 Å². The first-order chi connectivity index (χ1) is 11.5. The van der Waals surface area contributed by atoms with E-state index in [4.69, 9.17) is 9.47 Å². The predicted octanol–water partition coefficient (Wildman–Crippen LogP) is 2.86. The summed E-state index contributed by atoms with van der Waals surface area (Å²) in [6.45, 7) is 7.21. The number of urea groups is 1. The largest absolute Gasteiger partial charge is 0.497 e. The average molecular weight is 332 g/mol. The number of amides is 2. The maximum Gasteiger partial charge on any atom is 0.319 e. The van der Waals surface area contributed by atoms with Crippen molar-refractivity contribution in [2.24, 2.45) is 0 Å². The summed E-state index contributed by atoms with van der Waals surface area (Å²) in [5.74, 6) is 1.21. The Hall–Kier alpha value is -2.70. The van der Waals surface area contributed by atoms with E-state index in [1.54, 1.807) is 32.4 Å². The molecule has 2 rings (SSSR count). The van der Waals surface area contributed by atoms with Crippen molar-refractivity contribution in [1.82, 2.24) is 15.1 Å². The van der Waals surface area contributed by atoms with Gasteiger partial charge in [-0.15, -0.1) is 0 Å². The highest BCUT2D eigenvalue weighted by Gasteiger charge is 2.13. The van der Waals surface area contributed by atoms with Crippen LogP contribution in [0.25, 0.3) is 0 Å². The SMILES string of the molecule is CCn1nc(C)c(CNC(=O)Nc2cc(OC)ccc2OC)c1C. The quantitative estimate of drug-likeness (QED) is 0.853. The minimum Gasteiger partial charge on any atom is -0.497 e. The molecule has 0 saturated heterocycles. The molecule has 0 aliphatic carbocycles. The molecular weight excluding hydrogens is 308 g/mol. The second-order valence-electron chi connectivity index (χ2n) is 5.34. The van der Waals surface area contributed by atoms with Crippen LogP contribution in [0.1, 0.15) is 23.9 Å². The number of aromatic nitrogens is 2. The van der Waals surface area contributed by atoms with Crippen molar-refractivity contribution < 1.29 is 14.3 Å². The Morgan fingerprint density at radius 2 is 2.00 bits per heavy atom. The van der Waals surface area contributed by atoms with Gasteiger partial charge in [0.2, 0.25) is 0 Å². The van der Waals surface area contributed by atoms with Gasteiger partial charge in [-0.05, 0) is 32.9 Å². The molecular formula is C17H24N4O3. The molecule has 7 heteroatoms. The zero-order valence-electron chi connectivity index (χ0n) is 14.8. The van der Waals surface area contributed by atoms with Gasteiger partial charge in [0, 0.05) is 30.4 Å². The highest BCUT2D eigenvalue weighted by atomic mass is 16.5. The second kappa shape index (κ2) is 7.72. The number of anilines is 1. The number of methoxy groups -OCH3 is 2. The average Bonchev–Trinajstić information content (AvgIpc) is 2.86. The van der Waals surface area contributed by atoms with Gasteiger partial charge in [-0.1, -0.05) is 0 Å². The lowest BCUT2D eigenvalue weighted by atomic mass is 10.2. The molecule has 2 amide bonds. The van der Waals surface area contributed by atoms with E-state index in [2.05, 4.69) is 15.7 Å². The molecule has 0 fully saturated rings. The molecule has 1 aromatic heterocycles. The van der Waals surface area contributed by atoms with Gasteiger partial charge in [0.25, 0.3) is 0 Å². The third-order valence-electron chi connectivity index (χ3n) is 3.91. The number of nitrogens with one attached hydrogen (secondary N) is 2. The highest BCUT2D eigenvalue weighted by molar-refractivity contribution is 5.91. The molecule has 1 heterocycles. The predicted molar refractivity (Wildman–Crippen MR) is 92.8 cm³/mol. The lowest BCUT2D eigenvalue weighted by Crippen LogP contribution is -2.28. The summed E-state index contributed by atoms with van der Waals surface area (Å²) in [7, 11) is 3.12. The number of hydrogen-bond acceptors (Lipinski definition) is 4. The van der Waals surface area contributed by atoms with E-state index in [0.29, 0.717) is 23.7 Å². The maximum absolute atomic E-state index is 12.2. The van der Waals surface area contributed by atoms with Gasteiger partial charge in [0.05, 0.1) is 25.6 Å². The van der Waals surface area contributed by atoms with Crippen LogP contribution in [0.5, 0.6) is 11.5 Å². The molecule has 2 aromatic rings. The zero-order chi connectivity index (χ0) is 17.7. The topological polar surface area (TPSA) is 77.4 Å². The number of hydrogen-bond donors (Lipinski definition) is 2. The molecule has 0 aliphatic heterocycles. The fourth-order valence-corrected chi connectivity index (χ4v) is 2.54. The summed E-state index contributed by atoms with van der Waals surface area (Å²) in [5.41, 5.74) is 3.57. The summed E-state index contributed by atoms with van der Waals surface area (Å²) in [6.07, 6.45) is 0. The number of ether oxygens (including phenoxy) is 2. The minimum atomic E-state index is -0.315. The van der Waals surface area contributed by atoms with Crippen LogP contribution in [0.2, 0.25) is 0 Å². The number of carbonyl (C=O) groups excluding carboxylic acids is 1. The number of nitrogens with zero attached hydrogens (tertiary/aromatic N) is 2. The summed E-state index contributed by atoms with van der Waals surface area (Å²) >= 11 is 0. The fourth-order valence-electron chi connectivity index (χ4n) is 2.54. The lowest BCUT2D eigenvalue weighted by Gasteiger charge is -2.12. The van der Waals surface area contributed by atoms with Crippen molar-refractivity contribution in [3.05, 3.63) is 35.2 Å². The van der Waals surface area contributed by atoms with Crippen LogP contribution in [0.3, 0.4) is 0 Å². The molecule has 0 atom stereocenters. The Balaban J connectivity index is 2.05. The van der Waals surface area contributed by atoms with E-state index < -0.39 is 0 Å². The molecule has 0 unspecified atom stereocenters.